The molecule has 2 atom stereocenters. The maximum absolute atomic E-state index is 13.6. The first-order chi connectivity index (χ1) is 15.4. The molecular weight excluding hydrogens is 400 g/mol. The Bertz CT molecular complexity index is 1290. The van der Waals surface area contributed by atoms with Crippen LogP contribution in [-0.4, -0.2) is 44.7 Å². The molecule has 3 aromatic rings. The van der Waals surface area contributed by atoms with Crippen LogP contribution in [0.5, 0.6) is 0 Å². The van der Waals surface area contributed by atoms with Gasteiger partial charge in [0, 0.05) is 42.6 Å². The van der Waals surface area contributed by atoms with E-state index in [1.54, 1.807) is 10.9 Å². The van der Waals surface area contributed by atoms with Gasteiger partial charge in [-0.25, -0.2) is 4.98 Å². The van der Waals surface area contributed by atoms with Gasteiger partial charge in [-0.15, -0.1) is 0 Å². The molecule has 1 fully saturated rings. The van der Waals surface area contributed by atoms with E-state index in [1.807, 2.05) is 57.2 Å². The second-order valence-electron chi connectivity index (χ2n) is 9.00. The minimum Gasteiger partial charge on any atom is -0.391 e. The van der Waals surface area contributed by atoms with Crippen LogP contribution in [-0.2, 0) is 6.42 Å². The van der Waals surface area contributed by atoms with Crippen molar-refractivity contribution in [3.8, 4) is 0 Å². The van der Waals surface area contributed by atoms with Crippen LogP contribution in [0.15, 0.2) is 35.5 Å². The second-order valence-corrected chi connectivity index (χ2v) is 9.00. The Hall–Kier alpha value is -2.99. The molecule has 32 heavy (non-hydrogen) atoms. The van der Waals surface area contributed by atoms with Gasteiger partial charge in [-0.05, 0) is 56.4 Å². The van der Waals surface area contributed by atoms with Gasteiger partial charge in [0.05, 0.1) is 29.4 Å². The molecule has 1 aliphatic carbocycles. The summed E-state index contributed by atoms with van der Waals surface area (Å²) in [5.74, 6) is 0. The van der Waals surface area contributed by atoms with Gasteiger partial charge in [-0.3, -0.25) is 14.3 Å². The Morgan fingerprint density at radius 1 is 1.19 bits per heavy atom. The zero-order valence-corrected chi connectivity index (χ0v) is 19.4. The van der Waals surface area contributed by atoms with Gasteiger partial charge < -0.3 is 10.0 Å². The van der Waals surface area contributed by atoms with Crippen LogP contribution in [0.3, 0.4) is 0 Å². The molecule has 0 amide bonds. The maximum atomic E-state index is 13.6. The van der Waals surface area contributed by atoms with E-state index >= 15 is 0 Å². The largest absolute Gasteiger partial charge is 0.391 e. The first-order valence-electron chi connectivity index (χ1n) is 11.4. The second kappa shape index (κ2) is 9.25. The average Bonchev–Trinajstić information content (AvgIpc) is 2.77. The number of aromatic nitrogens is 3. The highest BCUT2D eigenvalue weighted by atomic mass is 16.3. The maximum Gasteiger partial charge on any atom is 0.261 e. The summed E-state index contributed by atoms with van der Waals surface area (Å²) in [6.45, 7) is 3.96. The van der Waals surface area contributed by atoms with E-state index in [9.17, 15) is 9.90 Å². The molecule has 0 bridgehead atoms. The van der Waals surface area contributed by atoms with Crippen LogP contribution < -0.4 is 16.0 Å². The number of rotatable bonds is 4. The van der Waals surface area contributed by atoms with Crippen LogP contribution in [0.2, 0.25) is 0 Å². The van der Waals surface area contributed by atoms with Crippen LogP contribution in [0.1, 0.15) is 55.5 Å². The predicted molar refractivity (Wildman–Crippen MR) is 129 cm³/mol. The van der Waals surface area contributed by atoms with E-state index in [-0.39, 0.29) is 11.6 Å². The highest BCUT2D eigenvalue weighted by Gasteiger charge is 2.26. The number of fused-ring (bicyclic) bond motifs is 1. The molecule has 1 aromatic carbocycles. The molecule has 6 heteroatoms. The number of aryl methyl sites for hydroxylation is 1. The summed E-state index contributed by atoms with van der Waals surface area (Å²) < 4.78 is 1.65. The van der Waals surface area contributed by atoms with Crippen molar-refractivity contribution in [3.63, 3.8) is 0 Å². The monoisotopic (exact) mass is 432 g/mol. The van der Waals surface area contributed by atoms with Gasteiger partial charge >= 0.3 is 0 Å². The van der Waals surface area contributed by atoms with Crippen LogP contribution in [0.4, 0.5) is 0 Å². The molecule has 1 N–H and O–H groups in total. The standard InChI is InChI=1S/C26H32N4O2/c1-5-20-22(15-29(3)4)19(12-18-11-10-17(2)27-14-18)13-21-25(20)28-16-30(26(21)32)23-8-6-7-9-24(23)31/h5,10-11,13-16,23-24,31H,6-9,12H2,1-4H3. The van der Waals surface area contributed by atoms with E-state index in [2.05, 4.69) is 17.3 Å². The minimum absolute atomic E-state index is 0.0799. The third-order valence-electron chi connectivity index (χ3n) is 6.34. The molecule has 168 valence electrons. The number of hydrogen-bond acceptors (Lipinski definition) is 5. The van der Waals surface area contributed by atoms with Gasteiger partial charge in [-0.2, -0.15) is 0 Å². The van der Waals surface area contributed by atoms with Crippen molar-refractivity contribution in [1.82, 2.24) is 19.4 Å². The summed E-state index contributed by atoms with van der Waals surface area (Å²) in [7, 11) is 3.99. The molecular formula is C26H32N4O2. The molecule has 2 aromatic heterocycles. The first kappa shape index (κ1) is 22.2. The summed E-state index contributed by atoms with van der Waals surface area (Å²) in [6.07, 6.45) is 11.4. The number of pyridine rings is 1. The Labute approximate surface area is 188 Å². The van der Waals surface area contributed by atoms with Crippen molar-refractivity contribution in [2.75, 3.05) is 14.1 Å². The van der Waals surface area contributed by atoms with E-state index in [0.717, 1.165) is 52.9 Å². The van der Waals surface area contributed by atoms with Crippen molar-refractivity contribution >= 4 is 23.2 Å². The Morgan fingerprint density at radius 3 is 2.62 bits per heavy atom. The van der Waals surface area contributed by atoms with Crippen molar-refractivity contribution < 1.29 is 5.11 Å². The van der Waals surface area contributed by atoms with E-state index < -0.39 is 6.10 Å². The van der Waals surface area contributed by atoms with Crippen molar-refractivity contribution in [2.24, 2.45) is 0 Å². The summed E-state index contributed by atoms with van der Waals surface area (Å²) in [4.78, 5) is 24.8. The van der Waals surface area contributed by atoms with Gasteiger partial charge in [-0.1, -0.05) is 25.0 Å². The Kier molecular flexibility index (Phi) is 6.42. The lowest BCUT2D eigenvalue weighted by Gasteiger charge is -2.29. The van der Waals surface area contributed by atoms with Gasteiger partial charge in [0.15, 0.2) is 0 Å². The fraction of sp³-hybridized carbons (Fsp3) is 0.423. The lowest BCUT2D eigenvalue weighted by Crippen LogP contribution is -2.38. The Morgan fingerprint density at radius 2 is 1.97 bits per heavy atom. The summed E-state index contributed by atoms with van der Waals surface area (Å²) in [6, 6.07) is 5.87. The first-order valence-corrected chi connectivity index (χ1v) is 11.4. The molecule has 0 radical (unpaired) electrons. The molecule has 0 spiro atoms. The summed E-state index contributed by atoms with van der Waals surface area (Å²) >= 11 is 0. The Balaban J connectivity index is 1.96. The van der Waals surface area contributed by atoms with Crippen LogP contribution >= 0.6 is 0 Å². The predicted octanol–water partition coefficient (Wildman–Crippen LogP) is 2.27. The molecule has 2 heterocycles. The molecule has 1 saturated carbocycles. The number of aliphatic hydroxyl groups is 1. The quantitative estimate of drug-likeness (QED) is 0.685. The van der Waals surface area contributed by atoms with Gasteiger partial charge in [0.25, 0.3) is 5.56 Å². The molecule has 4 rings (SSSR count). The fourth-order valence-corrected chi connectivity index (χ4v) is 4.70. The van der Waals surface area contributed by atoms with Crippen molar-refractivity contribution in [1.29, 1.82) is 0 Å². The SMILES string of the molecule is CC=c1c(=CN(C)C)c(Cc2ccc(C)nc2)cc2c(=O)n(C3CCCCC3O)cnc12. The normalized spacial score (nSPS) is 20.2. The average molecular weight is 433 g/mol. The van der Waals surface area contributed by atoms with Gasteiger partial charge in [0.1, 0.15) is 0 Å². The van der Waals surface area contributed by atoms with Crippen molar-refractivity contribution in [3.05, 3.63) is 68.3 Å². The highest BCUT2D eigenvalue weighted by Crippen LogP contribution is 2.27. The fourth-order valence-electron chi connectivity index (χ4n) is 4.70. The molecule has 0 aliphatic heterocycles. The molecule has 1 aliphatic rings. The van der Waals surface area contributed by atoms with E-state index in [0.29, 0.717) is 17.3 Å². The number of benzene rings is 1. The van der Waals surface area contributed by atoms with Crippen molar-refractivity contribution in [2.45, 2.75) is 58.1 Å². The number of aliphatic hydroxyl groups excluding tert-OH is 1. The minimum atomic E-state index is -0.502. The van der Waals surface area contributed by atoms with E-state index in [4.69, 9.17) is 4.98 Å². The smallest absolute Gasteiger partial charge is 0.261 e. The topological polar surface area (TPSA) is 71.2 Å². The third-order valence-corrected chi connectivity index (χ3v) is 6.34. The van der Waals surface area contributed by atoms with Crippen LogP contribution in [0.25, 0.3) is 23.2 Å². The van der Waals surface area contributed by atoms with Gasteiger partial charge in [0.2, 0.25) is 0 Å². The third kappa shape index (κ3) is 4.32. The van der Waals surface area contributed by atoms with Crippen LogP contribution in [0, 0.1) is 6.92 Å². The zero-order valence-electron chi connectivity index (χ0n) is 19.4. The lowest BCUT2D eigenvalue weighted by molar-refractivity contribution is 0.0735. The number of nitrogens with zero attached hydrogens (tertiary/aromatic N) is 4. The number of hydrogen-bond donors (Lipinski definition) is 1. The highest BCUT2D eigenvalue weighted by molar-refractivity contribution is 5.80. The summed E-state index contributed by atoms with van der Waals surface area (Å²) in [5.41, 5.74) is 3.76. The molecule has 2 unspecified atom stereocenters. The zero-order chi connectivity index (χ0) is 22.8. The lowest BCUT2D eigenvalue weighted by atomic mass is 9.92. The summed E-state index contributed by atoms with van der Waals surface area (Å²) in [5, 5.41) is 13.1. The van der Waals surface area contributed by atoms with E-state index in [1.165, 1.54) is 0 Å². The molecule has 6 nitrogen and oxygen atoms in total. The molecule has 0 saturated heterocycles.